The van der Waals surface area contributed by atoms with Crippen molar-refractivity contribution in [3.8, 4) is 5.75 Å². The molecule has 1 aromatic carbocycles. The van der Waals surface area contributed by atoms with Gasteiger partial charge in [-0.05, 0) is 33.6 Å². The lowest BCUT2D eigenvalue weighted by Gasteiger charge is -2.09. The van der Waals surface area contributed by atoms with E-state index in [1.54, 1.807) is 12.4 Å². The first-order chi connectivity index (χ1) is 8.66. The highest BCUT2D eigenvalue weighted by Crippen LogP contribution is 2.28. The molecule has 0 aliphatic carbocycles. The molecule has 2 aromatic rings. The van der Waals surface area contributed by atoms with Gasteiger partial charge in [-0.25, -0.2) is 4.39 Å². The Balaban J connectivity index is 1.97. The third-order valence-electron chi connectivity index (χ3n) is 2.42. The van der Waals surface area contributed by atoms with Crippen LogP contribution in [-0.4, -0.2) is 11.6 Å². The number of benzene rings is 1. The van der Waals surface area contributed by atoms with Crippen molar-refractivity contribution >= 4 is 21.6 Å². The molecule has 0 saturated carbocycles. The molecule has 0 amide bonds. The van der Waals surface area contributed by atoms with E-state index in [2.05, 4.69) is 20.9 Å². The van der Waals surface area contributed by atoms with Crippen LogP contribution in [0.25, 0.3) is 0 Å². The van der Waals surface area contributed by atoms with Crippen LogP contribution in [0.2, 0.25) is 0 Å². The van der Waals surface area contributed by atoms with E-state index >= 15 is 0 Å². The molecule has 0 radical (unpaired) electrons. The molecule has 0 saturated heterocycles. The van der Waals surface area contributed by atoms with Crippen LogP contribution in [0.1, 0.15) is 5.56 Å². The maximum atomic E-state index is 13.3. The highest BCUT2D eigenvalue weighted by Gasteiger charge is 2.07. The number of rotatable bonds is 4. The van der Waals surface area contributed by atoms with Crippen LogP contribution in [0, 0.1) is 5.82 Å². The summed E-state index contributed by atoms with van der Waals surface area (Å²) in [5.74, 6) is -0.0276. The molecule has 0 aliphatic heterocycles. The minimum absolute atomic E-state index is 0.333. The average molecular weight is 311 g/mol. The molecule has 1 aromatic heterocycles. The number of nitrogens with zero attached hydrogens (tertiary/aromatic N) is 1. The van der Waals surface area contributed by atoms with Crippen LogP contribution in [0.4, 0.5) is 10.1 Å². The summed E-state index contributed by atoms with van der Waals surface area (Å²) in [6, 6.07) is 6.60. The predicted molar refractivity (Wildman–Crippen MR) is 71.9 cm³/mol. The zero-order chi connectivity index (χ0) is 13.0. The van der Waals surface area contributed by atoms with Gasteiger partial charge in [-0.15, -0.1) is 0 Å². The number of hydrogen-bond acceptors (Lipinski definition) is 3. The summed E-state index contributed by atoms with van der Waals surface area (Å²) in [6.07, 6.45) is 4.19. The Morgan fingerprint density at radius 2 is 2.22 bits per heavy atom. The second-order valence-electron chi connectivity index (χ2n) is 3.76. The van der Waals surface area contributed by atoms with E-state index < -0.39 is 0 Å². The summed E-state index contributed by atoms with van der Waals surface area (Å²) in [6.45, 7) is 0.428. The van der Waals surface area contributed by atoms with E-state index in [1.165, 1.54) is 12.1 Å². The molecule has 0 bridgehead atoms. The number of anilines is 1. The van der Waals surface area contributed by atoms with Crippen LogP contribution in [0.15, 0.2) is 41.1 Å². The van der Waals surface area contributed by atoms with Crippen molar-refractivity contribution in [1.82, 2.24) is 4.98 Å². The van der Waals surface area contributed by atoms with Crippen LogP contribution in [-0.2, 0) is 6.42 Å². The number of ether oxygens (including phenoxy) is 1. The van der Waals surface area contributed by atoms with Gasteiger partial charge in [-0.1, -0.05) is 6.07 Å². The Labute approximate surface area is 113 Å². The quantitative estimate of drug-likeness (QED) is 0.882. The summed E-state index contributed by atoms with van der Waals surface area (Å²) in [5, 5.41) is 0. The van der Waals surface area contributed by atoms with Crippen molar-refractivity contribution in [3.05, 3.63) is 52.5 Å². The molecule has 2 rings (SSSR count). The van der Waals surface area contributed by atoms with Gasteiger partial charge in [0.15, 0.2) is 0 Å². The highest BCUT2D eigenvalue weighted by molar-refractivity contribution is 9.10. The number of hydrogen-bond donors (Lipinski definition) is 1. The fourth-order valence-electron chi connectivity index (χ4n) is 1.49. The van der Waals surface area contributed by atoms with Crippen molar-refractivity contribution in [2.24, 2.45) is 0 Å². The van der Waals surface area contributed by atoms with Crippen LogP contribution in [0.3, 0.4) is 0 Å². The normalized spacial score (nSPS) is 10.3. The van der Waals surface area contributed by atoms with Gasteiger partial charge in [0.2, 0.25) is 0 Å². The first kappa shape index (κ1) is 12.8. The zero-order valence-corrected chi connectivity index (χ0v) is 11.2. The van der Waals surface area contributed by atoms with E-state index in [-0.39, 0.29) is 5.82 Å². The molecule has 94 valence electrons. The third-order valence-corrected chi connectivity index (χ3v) is 3.03. The smallest absolute Gasteiger partial charge is 0.145 e. The number of halogens is 2. The van der Waals surface area contributed by atoms with E-state index in [4.69, 9.17) is 10.5 Å². The van der Waals surface area contributed by atoms with Crippen molar-refractivity contribution in [3.63, 3.8) is 0 Å². The fraction of sp³-hybridized carbons (Fsp3) is 0.154. The van der Waals surface area contributed by atoms with Gasteiger partial charge in [-0.2, -0.15) is 0 Å². The topological polar surface area (TPSA) is 48.1 Å². The maximum Gasteiger partial charge on any atom is 0.145 e. The van der Waals surface area contributed by atoms with Gasteiger partial charge in [0, 0.05) is 24.9 Å². The first-order valence-corrected chi connectivity index (χ1v) is 6.22. The number of aromatic nitrogens is 1. The standard InChI is InChI=1S/C13H12BrFN2O/c14-10-6-12(16)13(7-11(10)15)18-5-3-9-2-1-4-17-8-9/h1-2,4,6-8H,3,5,16H2. The largest absolute Gasteiger partial charge is 0.491 e. The molecule has 18 heavy (non-hydrogen) atoms. The van der Waals surface area contributed by atoms with Crippen molar-refractivity contribution in [2.45, 2.75) is 6.42 Å². The Hall–Kier alpha value is -1.62. The predicted octanol–water partition coefficient (Wildman–Crippen LogP) is 3.19. The summed E-state index contributed by atoms with van der Waals surface area (Å²) in [4.78, 5) is 4.01. The molecule has 0 aliphatic rings. The lowest BCUT2D eigenvalue weighted by atomic mass is 10.2. The van der Waals surface area contributed by atoms with Crippen molar-refractivity contribution < 1.29 is 9.13 Å². The summed E-state index contributed by atoms with van der Waals surface area (Å²) in [5.41, 5.74) is 7.21. The monoisotopic (exact) mass is 310 g/mol. The van der Waals surface area contributed by atoms with Crippen LogP contribution >= 0.6 is 15.9 Å². The zero-order valence-electron chi connectivity index (χ0n) is 9.57. The second-order valence-corrected chi connectivity index (χ2v) is 4.62. The lowest BCUT2D eigenvalue weighted by Crippen LogP contribution is -2.04. The lowest BCUT2D eigenvalue weighted by molar-refractivity contribution is 0.321. The minimum atomic E-state index is -0.388. The Morgan fingerprint density at radius 3 is 2.94 bits per heavy atom. The third kappa shape index (κ3) is 3.20. The van der Waals surface area contributed by atoms with Gasteiger partial charge < -0.3 is 10.5 Å². The highest BCUT2D eigenvalue weighted by atomic mass is 79.9. The molecular weight excluding hydrogens is 299 g/mol. The van der Waals surface area contributed by atoms with Gasteiger partial charge in [0.05, 0.1) is 16.8 Å². The second kappa shape index (κ2) is 5.82. The van der Waals surface area contributed by atoms with Crippen molar-refractivity contribution in [2.75, 3.05) is 12.3 Å². The molecule has 0 unspecified atom stereocenters. The summed E-state index contributed by atoms with van der Waals surface area (Å²) >= 11 is 3.07. The average Bonchev–Trinajstić information content (AvgIpc) is 2.37. The van der Waals surface area contributed by atoms with E-state index in [0.717, 1.165) is 5.56 Å². The van der Waals surface area contributed by atoms with Crippen LogP contribution in [0.5, 0.6) is 5.75 Å². The van der Waals surface area contributed by atoms with Crippen LogP contribution < -0.4 is 10.5 Å². The van der Waals surface area contributed by atoms with Gasteiger partial charge >= 0.3 is 0 Å². The SMILES string of the molecule is Nc1cc(Br)c(F)cc1OCCc1cccnc1. The molecule has 3 nitrogen and oxygen atoms in total. The molecule has 0 spiro atoms. The molecule has 5 heteroatoms. The van der Waals surface area contributed by atoms with Gasteiger partial charge in [0.25, 0.3) is 0 Å². The van der Waals surface area contributed by atoms with E-state index in [0.29, 0.717) is 28.9 Å². The van der Waals surface area contributed by atoms with E-state index in [1.807, 2.05) is 12.1 Å². The molecule has 1 heterocycles. The molecule has 2 N–H and O–H groups in total. The Bertz CT molecular complexity index is 534. The van der Waals surface area contributed by atoms with Gasteiger partial charge in [0.1, 0.15) is 11.6 Å². The summed E-state index contributed by atoms with van der Waals surface area (Å²) in [7, 11) is 0. The van der Waals surface area contributed by atoms with E-state index in [9.17, 15) is 4.39 Å². The number of nitrogens with two attached hydrogens (primary N) is 1. The molecular formula is C13H12BrFN2O. The Kier molecular flexibility index (Phi) is 4.15. The number of pyridine rings is 1. The Morgan fingerprint density at radius 1 is 1.39 bits per heavy atom. The summed E-state index contributed by atoms with van der Waals surface area (Å²) < 4.78 is 19.1. The molecule has 0 atom stereocenters. The van der Waals surface area contributed by atoms with Gasteiger partial charge in [-0.3, -0.25) is 4.98 Å². The maximum absolute atomic E-state index is 13.3. The first-order valence-electron chi connectivity index (χ1n) is 5.43. The minimum Gasteiger partial charge on any atom is -0.491 e. The van der Waals surface area contributed by atoms with Crippen molar-refractivity contribution in [1.29, 1.82) is 0 Å². The fourth-order valence-corrected chi connectivity index (χ4v) is 1.85. The molecule has 0 fully saturated rings. The number of nitrogen functional groups attached to an aromatic ring is 1.